The molecule has 0 spiro atoms. The molecule has 2 rings (SSSR count). The van der Waals surface area contributed by atoms with E-state index in [9.17, 15) is 4.79 Å². The van der Waals surface area contributed by atoms with Crippen LogP contribution in [0, 0.1) is 0 Å². The highest BCUT2D eigenvalue weighted by atomic mass is 79.9. The van der Waals surface area contributed by atoms with Crippen molar-refractivity contribution in [1.29, 1.82) is 0 Å². The van der Waals surface area contributed by atoms with Crippen molar-refractivity contribution in [2.45, 2.75) is 12.8 Å². The first-order valence-corrected chi connectivity index (χ1v) is 6.43. The van der Waals surface area contributed by atoms with Crippen LogP contribution in [0.25, 0.3) is 0 Å². The molecule has 92 valence electrons. The van der Waals surface area contributed by atoms with Crippen LogP contribution < -0.4 is 5.32 Å². The van der Waals surface area contributed by atoms with Crippen LogP contribution in [0.3, 0.4) is 0 Å². The number of anilines is 1. The fourth-order valence-electron chi connectivity index (χ4n) is 1.61. The van der Waals surface area contributed by atoms with Gasteiger partial charge in [-0.2, -0.15) is 0 Å². The molecular weight excluding hydrogens is 292 g/mol. The fourth-order valence-corrected chi connectivity index (χ4v) is 1.96. The van der Waals surface area contributed by atoms with Crippen molar-refractivity contribution in [3.8, 4) is 0 Å². The summed E-state index contributed by atoms with van der Waals surface area (Å²) in [7, 11) is 0. The third-order valence-corrected chi connectivity index (χ3v) is 3.36. The Morgan fingerprint density at radius 1 is 1.28 bits per heavy atom. The summed E-state index contributed by atoms with van der Waals surface area (Å²) in [5.41, 5.74) is 1.73. The van der Waals surface area contributed by atoms with Gasteiger partial charge in [0.15, 0.2) is 0 Å². The molecule has 1 atom stereocenters. The third-order valence-electron chi connectivity index (χ3n) is 2.72. The maximum absolute atomic E-state index is 12.1. The van der Waals surface area contributed by atoms with Crippen molar-refractivity contribution in [2.24, 2.45) is 0 Å². The molecule has 0 saturated carbocycles. The van der Waals surface area contributed by atoms with Crippen molar-refractivity contribution in [3.63, 3.8) is 0 Å². The third kappa shape index (κ3) is 2.96. The van der Waals surface area contributed by atoms with E-state index in [1.807, 2.05) is 37.3 Å². The zero-order valence-corrected chi connectivity index (χ0v) is 11.5. The molecular formula is C14H13BrN2O. The Hall–Kier alpha value is -1.68. The van der Waals surface area contributed by atoms with E-state index < -0.39 is 0 Å². The first kappa shape index (κ1) is 12.8. The summed E-state index contributed by atoms with van der Waals surface area (Å²) in [6, 6.07) is 11.5. The van der Waals surface area contributed by atoms with Gasteiger partial charge in [0.2, 0.25) is 5.91 Å². The number of carbonyl (C=O) groups excluding carboxylic acids is 1. The van der Waals surface area contributed by atoms with Crippen LogP contribution in [0.15, 0.2) is 53.3 Å². The maximum Gasteiger partial charge on any atom is 0.231 e. The molecule has 0 fully saturated rings. The number of amides is 1. The summed E-state index contributed by atoms with van der Waals surface area (Å²) in [5, 5.41) is 2.88. The Labute approximate surface area is 114 Å². The van der Waals surface area contributed by atoms with Gasteiger partial charge >= 0.3 is 0 Å². The van der Waals surface area contributed by atoms with Crippen LogP contribution in [-0.4, -0.2) is 10.9 Å². The van der Waals surface area contributed by atoms with Crippen LogP contribution in [0.5, 0.6) is 0 Å². The van der Waals surface area contributed by atoms with Gasteiger partial charge in [-0.3, -0.25) is 9.78 Å². The van der Waals surface area contributed by atoms with E-state index >= 15 is 0 Å². The minimum absolute atomic E-state index is 0.0342. The lowest BCUT2D eigenvalue weighted by atomic mass is 10.0. The molecule has 1 heterocycles. The molecule has 2 aromatic rings. The van der Waals surface area contributed by atoms with Crippen molar-refractivity contribution >= 4 is 27.5 Å². The zero-order valence-electron chi connectivity index (χ0n) is 9.93. The van der Waals surface area contributed by atoms with Gasteiger partial charge in [0.1, 0.15) is 0 Å². The molecule has 0 saturated heterocycles. The fraction of sp³-hybridized carbons (Fsp3) is 0.143. The summed E-state index contributed by atoms with van der Waals surface area (Å²) in [6.07, 6.45) is 3.30. The van der Waals surface area contributed by atoms with E-state index in [0.29, 0.717) is 0 Å². The molecule has 1 unspecified atom stereocenters. The van der Waals surface area contributed by atoms with Crippen LogP contribution in [0.2, 0.25) is 0 Å². The number of nitrogens with zero attached hydrogens (tertiary/aromatic N) is 1. The van der Waals surface area contributed by atoms with E-state index in [0.717, 1.165) is 15.7 Å². The molecule has 0 aliphatic heterocycles. The number of nitrogens with one attached hydrogen (secondary N) is 1. The molecule has 4 heteroatoms. The molecule has 18 heavy (non-hydrogen) atoms. The zero-order chi connectivity index (χ0) is 13.0. The normalized spacial score (nSPS) is 11.9. The van der Waals surface area contributed by atoms with E-state index in [2.05, 4.69) is 26.2 Å². The van der Waals surface area contributed by atoms with Crippen LogP contribution in [0.1, 0.15) is 18.4 Å². The predicted octanol–water partition coefficient (Wildman–Crippen LogP) is 3.59. The average Bonchev–Trinajstić information content (AvgIpc) is 2.41. The second-order valence-electron chi connectivity index (χ2n) is 3.98. The first-order chi connectivity index (χ1) is 8.68. The topological polar surface area (TPSA) is 42.0 Å². The summed E-state index contributed by atoms with van der Waals surface area (Å²) in [6.45, 7) is 1.89. The number of hydrogen-bond donors (Lipinski definition) is 1. The minimum atomic E-state index is -0.189. The van der Waals surface area contributed by atoms with Crippen molar-refractivity contribution in [1.82, 2.24) is 4.98 Å². The summed E-state index contributed by atoms with van der Waals surface area (Å²) < 4.78 is 0.776. The Bertz CT molecular complexity index is 543. The molecule has 0 bridgehead atoms. The van der Waals surface area contributed by atoms with Crippen molar-refractivity contribution < 1.29 is 4.79 Å². The highest BCUT2D eigenvalue weighted by Crippen LogP contribution is 2.22. The molecule has 0 radical (unpaired) electrons. The van der Waals surface area contributed by atoms with E-state index in [4.69, 9.17) is 0 Å². The van der Waals surface area contributed by atoms with Gasteiger partial charge in [0.25, 0.3) is 0 Å². The second kappa shape index (κ2) is 5.78. The van der Waals surface area contributed by atoms with Crippen molar-refractivity contribution in [2.75, 3.05) is 5.32 Å². The maximum atomic E-state index is 12.1. The number of carbonyl (C=O) groups is 1. The Morgan fingerprint density at radius 2 is 2.00 bits per heavy atom. The van der Waals surface area contributed by atoms with Crippen molar-refractivity contribution in [3.05, 3.63) is 58.8 Å². The lowest BCUT2D eigenvalue weighted by Gasteiger charge is -2.13. The highest BCUT2D eigenvalue weighted by molar-refractivity contribution is 9.10. The predicted molar refractivity (Wildman–Crippen MR) is 75.4 cm³/mol. The largest absolute Gasteiger partial charge is 0.324 e. The van der Waals surface area contributed by atoms with Crippen LogP contribution in [-0.2, 0) is 4.79 Å². The van der Waals surface area contributed by atoms with Gasteiger partial charge in [0, 0.05) is 12.4 Å². The molecule has 1 aromatic carbocycles. The van der Waals surface area contributed by atoms with Gasteiger partial charge in [0.05, 0.1) is 16.1 Å². The Morgan fingerprint density at radius 3 is 2.67 bits per heavy atom. The molecule has 0 aliphatic carbocycles. The first-order valence-electron chi connectivity index (χ1n) is 5.64. The number of benzene rings is 1. The molecule has 0 aliphatic rings. The summed E-state index contributed by atoms with van der Waals surface area (Å²) in [4.78, 5) is 16.1. The lowest BCUT2D eigenvalue weighted by molar-refractivity contribution is -0.117. The van der Waals surface area contributed by atoms with E-state index in [-0.39, 0.29) is 11.8 Å². The van der Waals surface area contributed by atoms with Gasteiger partial charge in [-0.05, 0) is 34.5 Å². The number of hydrogen-bond acceptors (Lipinski definition) is 2. The van der Waals surface area contributed by atoms with Gasteiger partial charge in [-0.1, -0.05) is 30.3 Å². The number of rotatable bonds is 3. The number of pyridine rings is 1. The average molecular weight is 305 g/mol. The number of halogens is 1. The lowest BCUT2D eigenvalue weighted by Crippen LogP contribution is -2.19. The SMILES string of the molecule is CC(C(=O)Nc1ccncc1Br)c1ccccc1. The quantitative estimate of drug-likeness (QED) is 0.941. The van der Waals surface area contributed by atoms with E-state index in [1.54, 1.807) is 18.5 Å². The van der Waals surface area contributed by atoms with Crippen LogP contribution >= 0.6 is 15.9 Å². The van der Waals surface area contributed by atoms with Gasteiger partial charge in [-0.25, -0.2) is 0 Å². The molecule has 1 aromatic heterocycles. The minimum Gasteiger partial charge on any atom is -0.324 e. The molecule has 1 amide bonds. The summed E-state index contributed by atoms with van der Waals surface area (Å²) >= 11 is 3.35. The standard InChI is InChI=1S/C14H13BrN2O/c1-10(11-5-3-2-4-6-11)14(18)17-13-7-8-16-9-12(13)15/h2-10H,1H3,(H,16,17,18). The highest BCUT2D eigenvalue weighted by Gasteiger charge is 2.15. The second-order valence-corrected chi connectivity index (χ2v) is 4.83. The molecule has 1 N–H and O–H groups in total. The summed E-state index contributed by atoms with van der Waals surface area (Å²) in [5.74, 6) is -0.223. The van der Waals surface area contributed by atoms with Gasteiger partial charge in [-0.15, -0.1) is 0 Å². The Kier molecular flexibility index (Phi) is 4.10. The Balaban J connectivity index is 2.12. The van der Waals surface area contributed by atoms with E-state index in [1.165, 1.54) is 0 Å². The van der Waals surface area contributed by atoms with Gasteiger partial charge < -0.3 is 5.32 Å². The smallest absolute Gasteiger partial charge is 0.231 e. The molecule has 3 nitrogen and oxygen atoms in total. The monoisotopic (exact) mass is 304 g/mol. The number of aromatic nitrogens is 1. The van der Waals surface area contributed by atoms with Crippen LogP contribution in [0.4, 0.5) is 5.69 Å².